The van der Waals surface area contributed by atoms with Crippen LogP contribution in [0.15, 0.2) is 12.1 Å². The van der Waals surface area contributed by atoms with Crippen molar-refractivity contribution in [2.75, 3.05) is 20.8 Å². The third kappa shape index (κ3) is 7.42. The largest absolute Gasteiger partial charge is 0.493 e. The van der Waals surface area contributed by atoms with Crippen molar-refractivity contribution in [1.82, 2.24) is 20.2 Å². The molecule has 2 unspecified atom stereocenters. The number of hydrogen-bond acceptors (Lipinski definition) is 9. The highest BCUT2D eigenvalue weighted by Gasteiger charge is 2.46. The lowest BCUT2D eigenvalue weighted by Gasteiger charge is -2.35. The molecule has 3 atom stereocenters. The molecule has 2 heterocycles. The third-order valence-electron chi connectivity index (χ3n) is 6.30. The van der Waals surface area contributed by atoms with E-state index >= 15 is 0 Å². The Morgan fingerprint density at radius 1 is 1.02 bits per heavy atom. The second-order valence-electron chi connectivity index (χ2n) is 11.8. The van der Waals surface area contributed by atoms with Gasteiger partial charge < -0.3 is 34.3 Å². The zero-order chi connectivity index (χ0) is 31.8. The molecule has 1 saturated heterocycles. The lowest BCUT2D eigenvalue weighted by Crippen LogP contribution is -2.57. The number of aromatic nitrogens is 2. The number of benzene rings is 1. The van der Waals surface area contributed by atoms with Gasteiger partial charge in [0.2, 0.25) is 17.6 Å². The number of ether oxygens (including phenoxy) is 4. The van der Waals surface area contributed by atoms with Gasteiger partial charge in [-0.05, 0) is 32.3 Å². The van der Waals surface area contributed by atoms with Crippen molar-refractivity contribution in [2.24, 2.45) is 5.41 Å². The standard InChI is InChI=1S/C27H35F3N4O8/c1-25(2,3)19(32-24(38)42-26(4,5)6)21(35)34-12-13(9-16(34)22(36)37)41-20-14-10-17(39-7)18(40-8)11-15(14)31-23(33-20)27(28,29)30/h10-11,13,16,19H,9,12H2,1-8H3,(H,32,38)(H,36,37)/t13?,16?,19-/m1/s1. The summed E-state index contributed by atoms with van der Waals surface area (Å²) in [6, 6.07) is -0.00556. The van der Waals surface area contributed by atoms with Gasteiger partial charge in [0.25, 0.3) is 0 Å². The fraction of sp³-hybridized carbons (Fsp3) is 0.593. The molecule has 0 radical (unpaired) electrons. The number of halogens is 3. The second kappa shape index (κ2) is 11.7. The van der Waals surface area contributed by atoms with Crippen molar-refractivity contribution in [3.63, 3.8) is 0 Å². The Labute approximate surface area is 240 Å². The number of nitrogens with zero attached hydrogens (tertiary/aromatic N) is 3. The Kier molecular flexibility index (Phi) is 9.03. The zero-order valence-electron chi connectivity index (χ0n) is 24.6. The number of likely N-dealkylation sites (tertiary alicyclic amines) is 1. The number of methoxy groups -OCH3 is 2. The van der Waals surface area contributed by atoms with E-state index in [0.717, 1.165) is 4.90 Å². The average Bonchev–Trinajstić information content (AvgIpc) is 3.28. The summed E-state index contributed by atoms with van der Waals surface area (Å²) < 4.78 is 62.6. The fourth-order valence-electron chi connectivity index (χ4n) is 4.40. The Bertz CT molecular complexity index is 1350. The number of amides is 2. The number of carbonyl (C=O) groups is 3. The van der Waals surface area contributed by atoms with Crippen molar-refractivity contribution in [2.45, 2.75) is 77.9 Å². The van der Waals surface area contributed by atoms with Gasteiger partial charge in [0, 0.05) is 12.5 Å². The molecule has 3 rings (SSSR count). The van der Waals surface area contributed by atoms with Gasteiger partial charge in [0.05, 0.1) is 31.7 Å². The predicted molar refractivity (Wildman–Crippen MR) is 142 cm³/mol. The van der Waals surface area contributed by atoms with E-state index in [0.29, 0.717) is 0 Å². The zero-order valence-corrected chi connectivity index (χ0v) is 24.6. The van der Waals surface area contributed by atoms with Crippen molar-refractivity contribution in [1.29, 1.82) is 0 Å². The predicted octanol–water partition coefficient (Wildman–Crippen LogP) is 4.04. The number of hydrogen-bond donors (Lipinski definition) is 2. The minimum Gasteiger partial charge on any atom is -0.493 e. The van der Waals surface area contributed by atoms with Gasteiger partial charge in [-0.3, -0.25) is 4.79 Å². The molecule has 2 amide bonds. The van der Waals surface area contributed by atoms with E-state index in [1.807, 2.05) is 0 Å². The molecule has 0 bridgehead atoms. The lowest BCUT2D eigenvalue weighted by molar-refractivity contribution is -0.150. The first-order valence-corrected chi connectivity index (χ1v) is 13.0. The lowest BCUT2D eigenvalue weighted by atomic mass is 9.85. The van der Waals surface area contributed by atoms with E-state index in [9.17, 15) is 32.7 Å². The van der Waals surface area contributed by atoms with E-state index in [1.54, 1.807) is 41.5 Å². The maximum Gasteiger partial charge on any atom is 0.451 e. The minimum atomic E-state index is -4.92. The SMILES string of the molecule is COc1cc2nc(C(F)(F)F)nc(OC3CC(C(=O)O)N(C(=O)[C@@H](NC(=O)OC(C)(C)C)C(C)(C)C)C3)c2cc1OC. The van der Waals surface area contributed by atoms with Gasteiger partial charge in [-0.15, -0.1) is 0 Å². The van der Waals surface area contributed by atoms with Crippen molar-refractivity contribution in [3.8, 4) is 17.4 Å². The summed E-state index contributed by atoms with van der Waals surface area (Å²) in [5.41, 5.74) is -1.87. The van der Waals surface area contributed by atoms with Crippen LogP contribution in [0.25, 0.3) is 10.9 Å². The van der Waals surface area contributed by atoms with Gasteiger partial charge >= 0.3 is 18.2 Å². The summed E-state index contributed by atoms with van der Waals surface area (Å²) in [7, 11) is 2.65. The molecule has 0 saturated carbocycles. The van der Waals surface area contributed by atoms with Crippen LogP contribution in [0.3, 0.4) is 0 Å². The van der Waals surface area contributed by atoms with Crippen LogP contribution >= 0.6 is 0 Å². The fourth-order valence-corrected chi connectivity index (χ4v) is 4.40. The summed E-state index contributed by atoms with van der Waals surface area (Å²) in [5, 5.41) is 12.5. The Hall–Kier alpha value is -4.04. The first-order chi connectivity index (χ1) is 19.2. The highest BCUT2D eigenvalue weighted by Crippen LogP contribution is 2.38. The van der Waals surface area contributed by atoms with Crippen LogP contribution in [0.2, 0.25) is 0 Å². The average molecular weight is 601 g/mol. The number of nitrogens with one attached hydrogen (secondary N) is 1. The quantitative estimate of drug-likeness (QED) is 0.477. The number of carboxylic acids is 1. The summed E-state index contributed by atoms with van der Waals surface area (Å²) in [5.74, 6) is -3.73. The number of carbonyl (C=O) groups excluding carboxylic acids is 2. The number of aliphatic carboxylic acids is 1. The molecular weight excluding hydrogens is 565 g/mol. The molecule has 0 aliphatic carbocycles. The van der Waals surface area contributed by atoms with Crippen LogP contribution < -0.4 is 19.5 Å². The number of carboxylic acid groups (broad SMARTS) is 1. The Morgan fingerprint density at radius 2 is 1.62 bits per heavy atom. The molecule has 1 aliphatic heterocycles. The van der Waals surface area contributed by atoms with Crippen LogP contribution in [-0.2, 0) is 20.5 Å². The molecule has 1 aromatic carbocycles. The van der Waals surface area contributed by atoms with E-state index in [2.05, 4.69) is 15.3 Å². The van der Waals surface area contributed by atoms with E-state index in [1.165, 1.54) is 26.4 Å². The van der Waals surface area contributed by atoms with Crippen LogP contribution in [0, 0.1) is 5.41 Å². The molecule has 1 aliphatic rings. The van der Waals surface area contributed by atoms with Crippen molar-refractivity contribution in [3.05, 3.63) is 18.0 Å². The molecule has 42 heavy (non-hydrogen) atoms. The number of fused-ring (bicyclic) bond motifs is 1. The normalized spacial score (nSPS) is 18.4. The second-order valence-corrected chi connectivity index (χ2v) is 11.8. The highest BCUT2D eigenvalue weighted by atomic mass is 19.4. The van der Waals surface area contributed by atoms with Crippen molar-refractivity contribution < 1.29 is 51.6 Å². The summed E-state index contributed by atoms with van der Waals surface area (Å²) >= 11 is 0. The van der Waals surface area contributed by atoms with Crippen LogP contribution in [0.5, 0.6) is 17.4 Å². The molecule has 2 aromatic rings. The Balaban J connectivity index is 1.99. The first kappa shape index (κ1) is 32.5. The molecule has 1 aromatic heterocycles. The van der Waals surface area contributed by atoms with E-state index in [-0.39, 0.29) is 35.4 Å². The maximum atomic E-state index is 13.7. The van der Waals surface area contributed by atoms with Gasteiger partial charge in [-0.1, -0.05) is 20.8 Å². The molecule has 1 fully saturated rings. The third-order valence-corrected chi connectivity index (χ3v) is 6.30. The minimum absolute atomic E-state index is 0.0523. The maximum absolute atomic E-state index is 13.7. The molecule has 0 spiro atoms. The van der Waals surface area contributed by atoms with Gasteiger partial charge in [0.15, 0.2) is 11.5 Å². The topological polar surface area (TPSA) is 149 Å². The van der Waals surface area contributed by atoms with Crippen LogP contribution in [0.4, 0.5) is 18.0 Å². The number of alkyl halides is 3. The summed E-state index contributed by atoms with van der Waals surface area (Å²) in [6.07, 6.45) is -7.12. The molecule has 2 N–H and O–H groups in total. The molecule has 232 valence electrons. The summed E-state index contributed by atoms with van der Waals surface area (Å²) in [4.78, 5) is 46.6. The van der Waals surface area contributed by atoms with Crippen LogP contribution in [0.1, 0.15) is 53.8 Å². The van der Waals surface area contributed by atoms with E-state index < -0.39 is 65.1 Å². The van der Waals surface area contributed by atoms with Gasteiger partial charge in [0.1, 0.15) is 23.8 Å². The Morgan fingerprint density at radius 3 is 2.12 bits per heavy atom. The first-order valence-electron chi connectivity index (χ1n) is 13.0. The number of alkyl carbamates (subject to hydrolysis) is 1. The van der Waals surface area contributed by atoms with Crippen LogP contribution in [-0.4, -0.2) is 82.5 Å². The van der Waals surface area contributed by atoms with Crippen molar-refractivity contribution >= 4 is 28.9 Å². The van der Waals surface area contributed by atoms with Gasteiger partial charge in [-0.25, -0.2) is 14.6 Å². The van der Waals surface area contributed by atoms with Gasteiger partial charge in [-0.2, -0.15) is 18.2 Å². The molecule has 15 heteroatoms. The summed E-state index contributed by atoms with van der Waals surface area (Å²) in [6.45, 7) is 9.68. The molecule has 12 nitrogen and oxygen atoms in total. The smallest absolute Gasteiger partial charge is 0.451 e. The monoisotopic (exact) mass is 600 g/mol. The molecular formula is C27H35F3N4O8. The van der Waals surface area contributed by atoms with E-state index in [4.69, 9.17) is 18.9 Å². The highest BCUT2D eigenvalue weighted by molar-refractivity contribution is 5.91. The number of rotatable bonds is 7.